The van der Waals surface area contributed by atoms with Gasteiger partial charge in [-0.1, -0.05) is 0 Å². The van der Waals surface area contributed by atoms with Crippen molar-refractivity contribution < 1.29 is 24.6 Å². The molecule has 0 aliphatic heterocycles. The third-order valence-corrected chi connectivity index (χ3v) is 5.74. The van der Waals surface area contributed by atoms with Gasteiger partial charge in [0, 0.05) is 24.0 Å². The number of carbonyl (C=O) groups is 3. The molecular weight excluding hydrogens is 426 g/mol. The predicted molar refractivity (Wildman–Crippen MR) is 113 cm³/mol. The number of nitrogens with zero attached hydrogens (tertiary/aromatic N) is 2. The summed E-state index contributed by atoms with van der Waals surface area (Å²) < 4.78 is 1.79. The van der Waals surface area contributed by atoms with Gasteiger partial charge in [-0.25, -0.2) is 9.78 Å². The lowest BCUT2D eigenvalue weighted by atomic mass is 10.1. The number of aryl methyl sites for hydroxylation is 2. The lowest BCUT2D eigenvalue weighted by molar-refractivity contribution is -0.140. The van der Waals surface area contributed by atoms with Crippen LogP contribution in [0.5, 0.6) is 0 Å². The zero-order chi connectivity index (χ0) is 22.5. The zero-order valence-electron chi connectivity index (χ0n) is 16.3. The van der Waals surface area contributed by atoms with E-state index in [2.05, 4.69) is 15.3 Å². The van der Waals surface area contributed by atoms with Crippen LogP contribution in [0.25, 0.3) is 11.0 Å². The Balaban J connectivity index is 1.57. The number of aromatic amines is 1. The summed E-state index contributed by atoms with van der Waals surface area (Å²) >= 11 is 1.24. The number of hydrogen-bond acceptors (Lipinski definition) is 7. The number of anilines is 1. The first-order valence-corrected chi connectivity index (χ1v) is 10.2. The molecule has 164 valence electrons. The van der Waals surface area contributed by atoms with Crippen molar-refractivity contribution in [1.82, 2.24) is 19.9 Å². The van der Waals surface area contributed by atoms with E-state index in [1.54, 1.807) is 29.0 Å². The number of H-pyrrole nitrogens is 1. The van der Waals surface area contributed by atoms with Crippen LogP contribution in [0, 0.1) is 0 Å². The van der Waals surface area contributed by atoms with Crippen molar-refractivity contribution in [2.75, 3.05) is 5.73 Å². The van der Waals surface area contributed by atoms with Gasteiger partial charge in [-0.2, -0.15) is 0 Å². The van der Waals surface area contributed by atoms with Gasteiger partial charge in [0.1, 0.15) is 11.6 Å². The van der Waals surface area contributed by atoms with Crippen LogP contribution < -0.4 is 16.6 Å². The van der Waals surface area contributed by atoms with Gasteiger partial charge in [-0.05, 0) is 37.5 Å². The van der Waals surface area contributed by atoms with Gasteiger partial charge in [-0.15, -0.1) is 11.3 Å². The molecule has 0 aliphatic carbocycles. The molecule has 3 aromatic heterocycles. The summed E-state index contributed by atoms with van der Waals surface area (Å²) in [4.78, 5) is 54.1. The van der Waals surface area contributed by atoms with E-state index in [1.807, 2.05) is 0 Å². The standard InChI is InChI=1S/C19H21N5O6S/c20-19-22-11-7-9-24(15(11)17(28)23-19)8-1-2-10-3-5-13(31-10)16(27)21-12(18(29)30)4-6-14(25)26/h3,5,7,9,12H,1-2,4,6,8H2,(H,21,27)(H,25,26)(H,29,30)(H3,20,22,23,28). The number of rotatable bonds is 10. The molecule has 6 N–H and O–H groups in total. The molecule has 0 spiro atoms. The number of carboxylic acid groups (broad SMARTS) is 2. The molecule has 1 amide bonds. The second-order valence-electron chi connectivity index (χ2n) is 6.86. The second kappa shape index (κ2) is 9.43. The Bertz CT molecular complexity index is 1180. The number of aliphatic carboxylic acids is 2. The SMILES string of the molecule is Nc1nc2ccn(CCCc3ccc(C(=O)NC(CCC(=O)O)C(=O)O)s3)c2c(=O)[nH]1. The lowest BCUT2D eigenvalue weighted by Gasteiger charge is -2.12. The highest BCUT2D eigenvalue weighted by Crippen LogP contribution is 2.19. The molecule has 3 heterocycles. The van der Waals surface area contributed by atoms with E-state index in [1.165, 1.54) is 11.3 Å². The van der Waals surface area contributed by atoms with Gasteiger partial charge >= 0.3 is 11.9 Å². The second-order valence-corrected chi connectivity index (χ2v) is 8.03. The summed E-state index contributed by atoms with van der Waals surface area (Å²) in [5, 5.41) is 20.2. The van der Waals surface area contributed by atoms with Gasteiger partial charge in [0.2, 0.25) is 5.95 Å². The Morgan fingerprint density at radius 3 is 2.74 bits per heavy atom. The van der Waals surface area contributed by atoms with Gasteiger partial charge in [0.25, 0.3) is 11.5 Å². The Morgan fingerprint density at radius 1 is 1.26 bits per heavy atom. The summed E-state index contributed by atoms with van der Waals surface area (Å²) in [6.07, 6.45) is 2.57. The predicted octanol–water partition coefficient (Wildman–Crippen LogP) is 1.05. The number of carboxylic acids is 2. The Hall–Kier alpha value is -3.67. The van der Waals surface area contributed by atoms with Crippen LogP contribution in [-0.4, -0.2) is 48.6 Å². The first-order chi connectivity index (χ1) is 14.7. The van der Waals surface area contributed by atoms with E-state index in [0.717, 1.165) is 4.88 Å². The summed E-state index contributed by atoms with van der Waals surface area (Å²) in [7, 11) is 0. The number of amides is 1. The summed E-state index contributed by atoms with van der Waals surface area (Å²) in [6.45, 7) is 0.563. The summed E-state index contributed by atoms with van der Waals surface area (Å²) in [5.74, 6) is -2.90. The minimum atomic E-state index is -1.28. The highest BCUT2D eigenvalue weighted by molar-refractivity contribution is 7.14. The quantitative estimate of drug-likeness (QED) is 0.306. The molecule has 1 unspecified atom stereocenters. The number of hydrogen-bond donors (Lipinski definition) is 5. The van der Waals surface area contributed by atoms with E-state index < -0.39 is 23.9 Å². The molecular formula is C19H21N5O6S. The number of nitrogens with one attached hydrogen (secondary N) is 2. The van der Waals surface area contributed by atoms with Gasteiger partial charge in [-0.3, -0.25) is 19.4 Å². The van der Waals surface area contributed by atoms with Crippen LogP contribution in [0.3, 0.4) is 0 Å². The average Bonchev–Trinajstić information content (AvgIpc) is 3.32. The van der Waals surface area contributed by atoms with Gasteiger partial charge in [0.05, 0.1) is 10.4 Å². The van der Waals surface area contributed by atoms with Crippen molar-refractivity contribution in [3.63, 3.8) is 0 Å². The van der Waals surface area contributed by atoms with Crippen LogP contribution >= 0.6 is 11.3 Å². The third-order valence-electron chi connectivity index (χ3n) is 4.60. The fourth-order valence-corrected chi connectivity index (χ4v) is 4.08. The molecule has 0 aliphatic rings. The maximum atomic E-state index is 12.3. The van der Waals surface area contributed by atoms with E-state index in [9.17, 15) is 19.2 Å². The highest BCUT2D eigenvalue weighted by atomic mass is 32.1. The van der Waals surface area contributed by atoms with E-state index in [0.29, 0.717) is 35.3 Å². The molecule has 1 atom stereocenters. The molecule has 3 aromatic rings. The van der Waals surface area contributed by atoms with Crippen LogP contribution in [0.15, 0.2) is 29.2 Å². The summed E-state index contributed by atoms with van der Waals surface area (Å²) in [5.41, 5.74) is 6.21. The normalized spacial score (nSPS) is 12.0. The first kappa shape index (κ1) is 22.0. The minimum absolute atomic E-state index is 0.0627. The molecule has 0 bridgehead atoms. The first-order valence-electron chi connectivity index (χ1n) is 9.43. The topological polar surface area (TPSA) is 180 Å². The fourth-order valence-electron chi connectivity index (χ4n) is 3.13. The molecule has 0 saturated heterocycles. The number of carbonyl (C=O) groups excluding carboxylic acids is 1. The monoisotopic (exact) mass is 447 g/mol. The Kier molecular flexibility index (Phi) is 6.70. The highest BCUT2D eigenvalue weighted by Gasteiger charge is 2.22. The number of aromatic nitrogens is 3. The summed E-state index contributed by atoms with van der Waals surface area (Å²) in [6, 6.07) is 3.85. The van der Waals surface area contributed by atoms with E-state index >= 15 is 0 Å². The maximum absolute atomic E-state index is 12.3. The van der Waals surface area contributed by atoms with Crippen molar-refractivity contribution in [3.05, 3.63) is 44.5 Å². The van der Waals surface area contributed by atoms with Crippen molar-refractivity contribution in [1.29, 1.82) is 0 Å². The Morgan fingerprint density at radius 2 is 2.03 bits per heavy atom. The Labute approximate surface area is 179 Å². The number of nitrogens with two attached hydrogens (primary N) is 1. The van der Waals surface area contributed by atoms with Crippen LogP contribution in [0.1, 0.15) is 33.8 Å². The van der Waals surface area contributed by atoms with Crippen molar-refractivity contribution in [2.24, 2.45) is 0 Å². The number of thiophene rings is 1. The maximum Gasteiger partial charge on any atom is 0.326 e. The van der Waals surface area contributed by atoms with Crippen molar-refractivity contribution in [2.45, 2.75) is 38.3 Å². The average molecular weight is 447 g/mol. The van der Waals surface area contributed by atoms with E-state index in [-0.39, 0.29) is 24.3 Å². The van der Waals surface area contributed by atoms with Gasteiger partial charge < -0.3 is 25.8 Å². The molecule has 11 nitrogen and oxygen atoms in total. The fraction of sp³-hybridized carbons (Fsp3) is 0.316. The molecule has 3 rings (SSSR count). The molecule has 0 aromatic carbocycles. The zero-order valence-corrected chi connectivity index (χ0v) is 17.1. The third kappa shape index (κ3) is 5.48. The lowest BCUT2D eigenvalue weighted by Crippen LogP contribution is -2.40. The minimum Gasteiger partial charge on any atom is -0.481 e. The van der Waals surface area contributed by atoms with E-state index in [4.69, 9.17) is 15.9 Å². The van der Waals surface area contributed by atoms with Crippen LogP contribution in [0.4, 0.5) is 5.95 Å². The number of fused-ring (bicyclic) bond motifs is 1. The molecule has 12 heteroatoms. The smallest absolute Gasteiger partial charge is 0.326 e. The van der Waals surface area contributed by atoms with Crippen molar-refractivity contribution >= 4 is 46.2 Å². The molecule has 0 saturated carbocycles. The van der Waals surface area contributed by atoms with Crippen LogP contribution in [-0.2, 0) is 22.6 Å². The van der Waals surface area contributed by atoms with Crippen molar-refractivity contribution in [3.8, 4) is 0 Å². The molecule has 0 radical (unpaired) electrons. The largest absolute Gasteiger partial charge is 0.481 e. The van der Waals surface area contributed by atoms with Gasteiger partial charge in [0.15, 0.2) is 0 Å². The molecule has 31 heavy (non-hydrogen) atoms. The number of nitrogen functional groups attached to an aromatic ring is 1. The van der Waals surface area contributed by atoms with Crippen LogP contribution in [0.2, 0.25) is 0 Å². The molecule has 0 fully saturated rings.